The number of hydrogen-bond acceptors (Lipinski definition) is 2. The summed E-state index contributed by atoms with van der Waals surface area (Å²) < 4.78 is 14.0. The third kappa shape index (κ3) is 3.35. The van der Waals surface area contributed by atoms with E-state index in [0.29, 0.717) is 5.56 Å². The van der Waals surface area contributed by atoms with Crippen LogP contribution in [0.25, 0.3) is 0 Å². The van der Waals surface area contributed by atoms with E-state index in [1.54, 1.807) is 12.3 Å². The van der Waals surface area contributed by atoms with E-state index in [0.717, 1.165) is 29.1 Å². The first-order valence-electron chi connectivity index (χ1n) is 6.72. The van der Waals surface area contributed by atoms with E-state index in [1.165, 1.54) is 6.20 Å². The van der Waals surface area contributed by atoms with Crippen molar-refractivity contribution in [3.05, 3.63) is 64.2 Å². The summed E-state index contributed by atoms with van der Waals surface area (Å²) >= 11 is 6.06. The molecule has 0 aliphatic rings. The van der Waals surface area contributed by atoms with Crippen LogP contribution in [0.4, 0.5) is 4.39 Å². The number of benzene rings is 1. The monoisotopic (exact) mass is 292 g/mol. The standard InChI is InChI=1S/C16H18ClFN2/c1-3-7-20-16(13-6-8-19-10-15(13)18)12-4-5-14(17)11(2)9-12/h4-6,8-10,16,20H,3,7H2,1-2H3. The van der Waals surface area contributed by atoms with Crippen molar-refractivity contribution in [2.24, 2.45) is 0 Å². The molecule has 1 unspecified atom stereocenters. The molecule has 0 fully saturated rings. The second-order valence-corrected chi connectivity index (χ2v) is 5.20. The number of rotatable bonds is 5. The van der Waals surface area contributed by atoms with Crippen LogP contribution in [-0.2, 0) is 0 Å². The second-order valence-electron chi connectivity index (χ2n) is 4.79. The summed E-state index contributed by atoms with van der Waals surface area (Å²) in [6.07, 6.45) is 3.84. The third-order valence-corrected chi connectivity index (χ3v) is 3.65. The van der Waals surface area contributed by atoms with Crippen molar-refractivity contribution in [1.82, 2.24) is 10.3 Å². The fourth-order valence-electron chi connectivity index (χ4n) is 2.16. The van der Waals surface area contributed by atoms with Gasteiger partial charge < -0.3 is 5.32 Å². The highest BCUT2D eigenvalue weighted by Crippen LogP contribution is 2.27. The van der Waals surface area contributed by atoms with Gasteiger partial charge in [-0.1, -0.05) is 30.7 Å². The first-order valence-corrected chi connectivity index (χ1v) is 7.10. The quantitative estimate of drug-likeness (QED) is 0.890. The average Bonchev–Trinajstić information content (AvgIpc) is 2.44. The van der Waals surface area contributed by atoms with Crippen LogP contribution < -0.4 is 5.32 Å². The Balaban J connectivity index is 2.41. The molecule has 0 saturated heterocycles. The van der Waals surface area contributed by atoms with Crippen molar-refractivity contribution in [2.45, 2.75) is 26.3 Å². The number of pyridine rings is 1. The summed E-state index contributed by atoms with van der Waals surface area (Å²) in [5.74, 6) is -0.297. The molecule has 106 valence electrons. The Morgan fingerprint density at radius 2 is 2.15 bits per heavy atom. The maximum Gasteiger partial charge on any atom is 0.146 e. The first-order chi connectivity index (χ1) is 9.63. The summed E-state index contributed by atoms with van der Waals surface area (Å²) in [5.41, 5.74) is 2.60. The number of halogens is 2. The van der Waals surface area contributed by atoms with Crippen LogP contribution in [0, 0.1) is 12.7 Å². The zero-order valence-corrected chi connectivity index (χ0v) is 12.4. The highest BCUT2D eigenvalue weighted by atomic mass is 35.5. The van der Waals surface area contributed by atoms with Crippen LogP contribution in [0.3, 0.4) is 0 Å². The molecule has 2 rings (SSSR count). The van der Waals surface area contributed by atoms with Gasteiger partial charge in [-0.3, -0.25) is 4.98 Å². The molecule has 0 bridgehead atoms. The highest BCUT2D eigenvalue weighted by molar-refractivity contribution is 6.31. The SMILES string of the molecule is CCCNC(c1ccc(Cl)c(C)c1)c1ccncc1F. The lowest BCUT2D eigenvalue weighted by Crippen LogP contribution is -2.24. The maximum absolute atomic E-state index is 14.0. The molecule has 1 heterocycles. The molecule has 0 aliphatic heterocycles. The molecule has 0 radical (unpaired) electrons. The van der Waals surface area contributed by atoms with Gasteiger partial charge in [0.2, 0.25) is 0 Å². The molecule has 4 heteroatoms. The zero-order chi connectivity index (χ0) is 14.5. The predicted molar refractivity (Wildman–Crippen MR) is 80.5 cm³/mol. The van der Waals surface area contributed by atoms with Gasteiger partial charge in [0.15, 0.2) is 0 Å². The van der Waals surface area contributed by atoms with Gasteiger partial charge in [-0.2, -0.15) is 0 Å². The number of hydrogen-bond donors (Lipinski definition) is 1. The molecule has 1 aromatic carbocycles. The Hall–Kier alpha value is -1.45. The van der Waals surface area contributed by atoms with Crippen molar-refractivity contribution in [3.63, 3.8) is 0 Å². The Bertz CT molecular complexity index is 586. The van der Waals surface area contributed by atoms with Crippen LogP contribution in [-0.4, -0.2) is 11.5 Å². The van der Waals surface area contributed by atoms with Gasteiger partial charge in [0.1, 0.15) is 5.82 Å². The largest absolute Gasteiger partial charge is 0.306 e. The fourth-order valence-corrected chi connectivity index (χ4v) is 2.28. The Morgan fingerprint density at radius 3 is 2.80 bits per heavy atom. The number of nitrogens with one attached hydrogen (secondary N) is 1. The van der Waals surface area contributed by atoms with Gasteiger partial charge >= 0.3 is 0 Å². The summed E-state index contributed by atoms with van der Waals surface area (Å²) in [6.45, 7) is 4.85. The van der Waals surface area contributed by atoms with E-state index in [2.05, 4.69) is 17.2 Å². The first kappa shape index (κ1) is 14.9. The van der Waals surface area contributed by atoms with Crippen molar-refractivity contribution in [3.8, 4) is 0 Å². The molecule has 2 nitrogen and oxygen atoms in total. The van der Waals surface area contributed by atoms with E-state index in [9.17, 15) is 4.39 Å². The van der Waals surface area contributed by atoms with E-state index in [4.69, 9.17) is 11.6 Å². The summed E-state index contributed by atoms with van der Waals surface area (Å²) in [6, 6.07) is 7.31. The van der Waals surface area contributed by atoms with Crippen LogP contribution in [0.15, 0.2) is 36.7 Å². The molecule has 1 atom stereocenters. The summed E-state index contributed by atoms with van der Waals surface area (Å²) in [4.78, 5) is 3.81. The number of nitrogens with zero attached hydrogens (tertiary/aromatic N) is 1. The normalized spacial score (nSPS) is 12.4. The van der Waals surface area contributed by atoms with Crippen molar-refractivity contribution in [1.29, 1.82) is 0 Å². The fraction of sp³-hybridized carbons (Fsp3) is 0.312. The van der Waals surface area contributed by atoms with Gasteiger partial charge in [-0.25, -0.2) is 4.39 Å². The summed E-state index contributed by atoms with van der Waals surface area (Å²) in [7, 11) is 0. The van der Waals surface area contributed by atoms with Crippen molar-refractivity contribution in [2.75, 3.05) is 6.54 Å². The minimum Gasteiger partial charge on any atom is -0.306 e. The van der Waals surface area contributed by atoms with Gasteiger partial charge in [-0.05, 0) is 43.1 Å². The van der Waals surface area contributed by atoms with Crippen LogP contribution >= 0.6 is 11.6 Å². The van der Waals surface area contributed by atoms with Gasteiger partial charge in [0.25, 0.3) is 0 Å². The topological polar surface area (TPSA) is 24.9 Å². The van der Waals surface area contributed by atoms with Gasteiger partial charge in [0.05, 0.1) is 12.2 Å². The maximum atomic E-state index is 14.0. The molecule has 1 aromatic heterocycles. The molecule has 0 aliphatic carbocycles. The number of aryl methyl sites for hydroxylation is 1. The molecular formula is C16H18ClFN2. The average molecular weight is 293 g/mol. The Morgan fingerprint density at radius 1 is 1.35 bits per heavy atom. The zero-order valence-electron chi connectivity index (χ0n) is 11.7. The van der Waals surface area contributed by atoms with Gasteiger partial charge in [0, 0.05) is 16.8 Å². The van der Waals surface area contributed by atoms with Crippen molar-refractivity contribution >= 4 is 11.6 Å². The van der Waals surface area contributed by atoms with Crippen LogP contribution in [0.1, 0.15) is 36.1 Å². The molecule has 1 N–H and O–H groups in total. The lowest BCUT2D eigenvalue weighted by atomic mass is 9.97. The minimum absolute atomic E-state index is 0.186. The third-order valence-electron chi connectivity index (χ3n) is 3.23. The molecule has 0 saturated carbocycles. The molecular weight excluding hydrogens is 275 g/mol. The van der Waals surface area contributed by atoms with Crippen molar-refractivity contribution < 1.29 is 4.39 Å². The van der Waals surface area contributed by atoms with E-state index in [1.807, 2.05) is 25.1 Å². The number of aromatic nitrogens is 1. The second kappa shape index (κ2) is 6.82. The van der Waals surface area contributed by atoms with Gasteiger partial charge in [-0.15, -0.1) is 0 Å². The molecule has 20 heavy (non-hydrogen) atoms. The van der Waals surface area contributed by atoms with E-state index < -0.39 is 0 Å². The molecule has 2 aromatic rings. The van der Waals surface area contributed by atoms with Crippen LogP contribution in [0.5, 0.6) is 0 Å². The Kier molecular flexibility index (Phi) is 5.10. The Labute approximate surface area is 124 Å². The minimum atomic E-state index is -0.297. The predicted octanol–water partition coefficient (Wildman–Crippen LogP) is 4.27. The van der Waals surface area contributed by atoms with Crippen LogP contribution in [0.2, 0.25) is 5.02 Å². The van der Waals surface area contributed by atoms with E-state index >= 15 is 0 Å². The molecule has 0 spiro atoms. The molecule has 0 amide bonds. The lowest BCUT2D eigenvalue weighted by Gasteiger charge is -2.20. The summed E-state index contributed by atoms with van der Waals surface area (Å²) in [5, 5.41) is 4.10. The highest BCUT2D eigenvalue weighted by Gasteiger charge is 2.17. The lowest BCUT2D eigenvalue weighted by molar-refractivity contribution is 0.543. The van der Waals surface area contributed by atoms with E-state index in [-0.39, 0.29) is 11.9 Å². The smallest absolute Gasteiger partial charge is 0.146 e.